The fourth-order valence-corrected chi connectivity index (χ4v) is 4.22. The number of rotatable bonds is 7. The zero-order valence-corrected chi connectivity index (χ0v) is 28.1. The largest absolute Gasteiger partial charge is 0.494 e. The molecule has 6 nitrogen and oxygen atoms in total. The number of aromatic nitrogens is 3. The lowest BCUT2D eigenvalue weighted by Crippen LogP contribution is -2.03. The average Bonchev–Trinajstić information content (AvgIpc) is 3.26. The second-order valence-electron chi connectivity index (χ2n) is 10.3. The number of nitrogens with zero attached hydrogens (tertiary/aromatic N) is 3. The molecule has 0 unspecified atom stereocenters. The highest BCUT2D eigenvalue weighted by atomic mass is 16.5. The summed E-state index contributed by atoms with van der Waals surface area (Å²) in [4.78, 5) is 10.8. The van der Waals surface area contributed by atoms with E-state index in [0.29, 0.717) is 6.61 Å². The highest BCUT2D eigenvalue weighted by Gasteiger charge is 2.19. The molecule has 0 radical (unpaired) electrons. The smallest absolute Gasteiger partial charge is 0.159 e. The Hall–Kier alpha value is -3.67. The molecule has 0 bridgehead atoms. The molecular weight excluding hydrogens is 522 g/mol. The van der Waals surface area contributed by atoms with E-state index in [0.717, 1.165) is 56.3 Å². The minimum absolute atomic E-state index is 0.125. The number of methoxy groups -OCH3 is 1. The minimum Gasteiger partial charge on any atom is -0.494 e. The number of carbonyl (C=O) groups is 1. The highest BCUT2D eigenvalue weighted by Crippen LogP contribution is 2.36. The number of benzene rings is 2. The molecule has 0 aliphatic carbocycles. The Morgan fingerprint density at radius 3 is 1.60 bits per heavy atom. The van der Waals surface area contributed by atoms with Crippen LogP contribution in [0.3, 0.4) is 0 Å². The molecule has 0 spiro atoms. The van der Waals surface area contributed by atoms with Crippen LogP contribution >= 0.6 is 0 Å². The standard InChI is InChI=1S/C19H23N3O2.C9H10O.2C4H10/c1-7-24-15-8-9-16(17(10-15)23-6)22-13(4)18-11(2)20-21-12(3)19(18)14(22)5;1-7-3-5-9(6-4-7)8(2)10;2*1-3-4-2/h8-10H,7H2,1-6H3;3-6H,1-2H3;2*3-4H2,1-2H3. The first-order chi connectivity index (χ1) is 20.0. The molecule has 2 heterocycles. The van der Waals surface area contributed by atoms with Gasteiger partial charge in [-0.05, 0) is 60.6 Å². The predicted octanol–water partition coefficient (Wildman–Crippen LogP) is 9.87. The normalized spacial score (nSPS) is 10.0. The molecule has 0 atom stereocenters. The van der Waals surface area contributed by atoms with E-state index in [2.05, 4.69) is 56.3 Å². The van der Waals surface area contributed by atoms with Crippen LogP contribution in [-0.4, -0.2) is 34.3 Å². The van der Waals surface area contributed by atoms with Crippen molar-refractivity contribution >= 4 is 16.6 Å². The van der Waals surface area contributed by atoms with Gasteiger partial charge in [-0.3, -0.25) is 4.79 Å². The van der Waals surface area contributed by atoms with Gasteiger partial charge in [0.05, 0.1) is 30.8 Å². The Labute approximate surface area is 254 Å². The molecule has 4 aromatic rings. The predicted molar refractivity (Wildman–Crippen MR) is 178 cm³/mol. The summed E-state index contributed by atoms with van der Waals surface area (Å²) in [5.41, 5.74) is 7.13. The molecule has 2 aromatic heterocycles. The van der Waals surface area contributed by atoms with E-state index in [1.54, 1.807) is 14.0 Å². The van der Waals surface area contributed by atoms with Crippen molar-refractivity contribution in [1.82, 2.24) is 14.8 Å². The third-order valence-electron chi connectivity index (χ3n) is 6.88. The highest BCUT2D eigenvalue weighted by molar-refractivity contribution is 5.94. The van der Waals surface area contributed by atoms with Gasteiger partial charge in [-0.15, -0.1) is 0 Å². The molecule has 0 saturated carbocycles. The number of Topliss-reactive ketones (excluding diaryl/α,β-unsaturated/α-hetero) is 1. The number of unbranched alkanes of at least 4 members (excludes halogenated alkanes) is 2. The van der Waals surface area contributed by atoms with E-state index >= 15 is 0 Å². The first-order valence-electron chi connectivity index (χ1n) is 15.2. The summed E-state index contributed by atoms with van der Waals surface area (Å²) >= 11 is 0. The number of ether oxygens (including phenoxy) is 2. The van der Waals surface area contributed by atoms with Crippen molar-refractivity contribution in [3.63, 3.8) is 0 Å². The molecule has 6 heteroatoms. The van der Waals surface area contributed by atoms with E-state index in [1.165, 1.54) is 31.2 Å². The monoisotopic (exact) mass is 575 g/mol. The number of hydrogen-bond acceptors (Lipinski definition) is 5. The maximum Gasteiger partial charge on any atom is 0.159 e. The molecule has 0 fully saturated rings. The minimum atomic E-state index is 0.125. The van der Waals surface area contributed by atoms with E-state index in [9.17, 15) is 4.79 Å². The molecular formula is C36H53N3O3. The maximum absolute atomic E-state index is 10.8. The lowest BCUT2D eigenvalue weighted by atomic mass is 10.1. The van der Waals surface area contributed by atoms with Crippen molar-refractivity contribution in [2.24, 2.45) is 0 Å². The van der Waals surface area contributed by atoms with Crippen molar-refractivity contribution in [3.8, 4) is 17.2 Å². The van der Waals surface area contributed by atoms with E-state index < -0.39 is 0 Å². The molecule has 0 amide bonds. The van der Waals surface area contributed by atoms with Crippen LogP contribution in [0.5, 0.6) is 11.5 Å². The van der Waals surface area contributed by atoms with Crippen LogP contribution in [0.4, 0.5) is 0 Å². The molecule has 4 rings (SSSR count). The number of hydrogen-bond donors (Lipinski definition) is 0. The molecule has 0 saturated heterocycles. The SMILES string of the molecule is CC(=O)c1ccc(C)cc1.CCCC.CCCC.CCOc1ccc(-n2c(C)c3c(C)nnc(C)c3c2C)c(OC)c1. The van der Waals surface area contributed by atoms with Crippen LogP contribution in [0.2, 0.25) is 0 Å². The molecule has 0 aliphatic rings. The van der Waals surface area contributed by atoms with Gasteiger partial charge in [0.25, 0.3) is 0 Å². The summed E-state index contributed by atoms with van der Waals surface area (Å²) < 4.78 is 13.4. The van der Waals surface area contributed by atoms with Gasteiger partial charge in [0, 0.05) is 33.8 Å². The zero-order chi connectivity index (χ0) is 31.8. The van der Waals surface area contributed by atoms with E-state index in [1.807, 2.05) is 70.2 Å². The first-order valence-corrected chi connectivity index (χ1v) is 15.2. The molecule has 42 heavy (non-hydrogen) atoms. The second-order valence-corrected chi connectivity index (χ2v) is 10.3. The molecule has 230 valence electrons. The topological polar surface area (TPSA) is 66.2 Å². The second kappa shape index (κ2) is 18.7. The summed E-state index contributed by atoms with van der Waals surface area (Å²) in [6.07, 6.45) is 5.28. The van der Waals surface area contributed by atoms with Gasteiger partial charge >= 0.3 is 0 Å². The van der Waals surface area contributed by atoms with Crippen LogP contribution < -0.4 is 9.47 Å². The van der Waals surface area contributed by atoms with E-state index in [4.69, 9.17) is 9.47 Å². The van der Waals surface area contributed by atoms with Crippen molar-refractivity contribution in [1.29, 1.82) is 0 Å². The number of ketones is 1. The lowest BCUT2D eigenvalue weighted by Gasteiger charge is -2.15. The molecule has 2 aromatic carbocycles. The third kappa shape index (κ3) is 10.0. The number of aryl methyl sites for hydroxylation is 5. The van der Waals surface area contributed by atoms with Crippen molar-refractivity contribution in [2.75, 3.05) is 13.7 Å². The summed E-state index contributed by atoms with van der Waals surface area (Å²) in [6.45, 7) is 23.1. The van der Waals surface area contributed by atoms with Crippen molar-refractivity contribution in [2.45, 2.75) is 102 Å². The molecule has 0 aliphatic heterocycles. The summed E-state index contributed by atoms with van der Waals surface area (Å²) in [6, 6.07) is 13.5. The Kier molecular flexibility index (Phi) is 16.2. The summed E-state index contributed by atoms with van der Waals surface area (Å²) in [7, 11) is 1.68. The van der Waals surface area contributed by atoms with Crippen LogP contribution in [0.25, 0.3) is 16.5 Å². The lowest BCUT2D eigenvalue weighted by molar-refractivity contribution is 0.101. The van der Waals surface area contributed by atoms with Crippen LogP contribution in [0.15, 0.2) is 42.5 Å². The fourth-order valence-electron chi connectivity index (χ4n) is 4.22. The Morgan fingerprint density at radius 1 is 0.738 bits per heavy atom. The average molecular weight is 576 g/mol. The quantitative estimate of drug-likeness (QED) is 0.205. The van der Waals surface area contributed by atoms with Crippen LogP contribution in [0, 0.1) is 34.6 Å². The fraction of sp³-hybridized carbons (Fsp3) is 0.472. The van der Waals surface area contributed by atoms with Gasteiger partial charge in [0.15, 0.2) is 5.78 Å². The van der Waals surface area contributed by atoms with Crippen molar-refractivity contribution < 1.29 is 14.3 Å². The number of fused-ring (bicyclic) bond motifs is 1. The van der Waals surface area contributed by atoms with E-state index in [-0.39, 0.29) is 5.78 Å². The van der Waals surface area contributed by atoms with Gasteiger partial charge in [-0.2, -0.15) is 10.2 Å². The third-order valence-corrected chi connectivity index (χ3v) is 6.88. The zero-order valence-electron chi connectivity index (χ0n) is 28.1. The van der Waals surface area contributed by atoms with Crippen LogP contribution in [0.1, 0.15) is 106 Å². The van der Waals surface area contributed by atoms with Gasteiger partial charge in [0.1, 0.15) is 11.5 Å². The Balaban J connectivity index is 0.000000402. The molecule has 0 N–H and O–H groups in total. The Bertz CT molecular complexity index is 1340. The Morgan fingerprint density at radius 2 is 1.21 bits per heavy atom. The van der Waals surface area contributed by atoms with Crippen molar-refractivity contribution in [3.05, 3.63) is 76.4 Å². The van der Waals surface area contributed by atoms with Gasteiger partial charge < -0.3 is 14.0 Å². The summed E-state index contributed by atoms with van der Waals surface area (Å²) in [5.74, 6) is 1.71. The van der Waals surface area contributed by atoms with Gasteiger partial charge in [-0.25, -0.2) is 0 Å². The number of carbonyl (C=O) groups excluding carboxylic acids is 1. The van der Waals surface area contributed by atoms with Crippen LogP contribution in [-0.2, 0) is 0 Å². The van der Waals surface area contributed by atoms with Gasteiger partial charge in [0.2, 0.25) is 0 Å². The first kappa shape index (κ1) is 36.4. The summed E-state index contributed by atoms with van der Waals surface area (Å²) in [5, 5.41) is 10.9. The maximum atomic E-state index is 10.8. The van der Waals surface area contributed by atoms with Gasteiger partial charge in [-0.1, -0.05) is 83.2 Å².